The Morgan fingerprint density at radius 1 is 1.23 bits per heavy atom. The number of rotatable bonds is 2. The standard InChI is InChI=1S/C11H18N2/c1-8(2)13(4)11-6-9(3)5-10(12)7-11/h5-8H,12H2,1-4H3. The second-order valence-electron chi connectivity index (χ2n) is 3.81. The normalized spacial score (nSPS) is 10.5. The zero-order chi connectivity index (χ0) is 10.0. The number of hydrogen-bond acceptors (Lipinski definition) is 2. The van der Waals surface area contributed by atoms with Crippen LogP contribution in [0.1, 0.15) is 19.4 Å². The van der Waals surface area contributed by atoms with E-state index in [1.54, 1.807) is 0 Å². The molecule has 0 saturated heterocycles. The summed E-state index contributed by atoms with van der Waals surface area (Å²) < 4.78 is 0. The van der Waals surface area contributed by atoms with Gasteiger partial charge in [0.2, 0.25) is 0 Å². The molecule has 1 aromatic carbocycles. The number of nitrogen functional groups attached to an aromatic ring is 1. The van der Waals surface area contributed by atoms with Gasteiger partial charge in [-0.25, -0.2) is 0 Å². The van der Waals surface area contributed by atoms with E-state index in [0.717, 1.165) is 5.69 Å². The van der Waals surface area contributed by atoms with Crippen LogP contribution in [-0.4, -0.2) is 13.1 Å². The molecule has 0 aliphatic carbocycles. The van der Waals surface area contributed by atoms with Crippen molar-refractivity contribution in [2.24, 2.45) is 0 Å². The maximum atomic E-state index is 5.77. The van der Waals surface area contributed by atoms with E-state index in [1.165, 1.54) is 11.3 Å². The van der Waals surface area contributed by atoms with Gasteiger partial charge in [0.25, 0.3) is 0 Å². The van der Waals surface area contributed by atoms with E-state index in [9.17, 15) is 0 Å². The van der Waals surface area contributed by atoms with Crippen LogP contribution >= 0.6 is 0 Å². The van der Waals surface area contributed by atoms with Crippen molar-refractivity contribution in [3.63, 3.8) is 0 Å². The topological polar surface area (TPSA) is 29.3 Å². The van der Waals surface area contributed by atoms with Gasteiger partial charge in [-0.2, -0.15) is 0 Å². The number of aryl methyl sites for hydroxylation is 1. The molecule has 0 unspecified atom stereocenters. The molecule has 0 heterocycles. The van der Waals surface area contributed by atoms with E-state index in [2.05, 4.69) is 38.8 Å². The molecule has 2 heteroatoms. The predicted octanol–water partition coefficient (Wildman–Crippen LogP) is 2.42. The highest BCUT2D eigenvalue weighted by Gasteiger charge is 2.05. The van der Waals surface area contributed by atoms with E-state index in [-0.39, 0.29) is 0 Å². The lowest BCUT2D eigenvalue weighted by Crippen LogP contribution is -2.25. The van der Waals surface area contributed by atoms with Gasteiger partial charge in [-0.1, -0.05) is 0 Å². The van der Waals surface area contributed by atoms with E-state index in [1.807, 2.05) is 12.1 Å². The lowest BCUT2D eigenvalue weighted by Gasteiger charge is -2.24. The highest BCUT2D eigenvalue weighted by molar-refractivity contribution is 5.58. The minimum absolute atomic E-state index is 0.501. The second kappa shape index (κ2) is 3.69. The summed E-state index contributed by atoms with van der Waals surface area (Å²) in [5.74, 6) is 0. The number of anilines is 2. The van der Waals surface area contributed by atoms with Gasteiger partial charge in [-0.05, 0) is 44.5 Å². The lowest BCUT2D eigenvalue weighted by molar-refractivity contribution is 0.754. The van der Waals surface area contributed by atoms with Crippen molar-refractivity contribution in [3.8, 4) is 0 Å². The van der Waals surface area contributed by atoms with Crippen molar-refractivity contribution in [1.82, 2.24) is 0 Å². The van der Waals surface area contributed by atoms with Gasteiger partial charge in [0.15, 0.2) is 0 Å². The molecule has 0 atom stereocenters. The first kappa shape index (κ1) is 9.90. The van der Waals surface area contributed by atoms with Crippen LogP contribution in [0.15, 0.2) is 18.2 Å². The summed E-state index contributed by atoms with van der Waals surface area (Å²) in [6.07, 6.45) is 0. The molecular formula is C11H18N2. The lowest BCUT2D eigenvalue weighted by atomic mass is 10.1. The molecular weight excluding hydrogens is 160 g/mol. The number of hydrogen-bond donors (Lipinski definition) is 1. The van der Waals surface area contributed by atoms with E-state index in [4.69, 9.17) is 5.73 Å². The first-order chi connectivity index (χ1) is 6.00. The summed E-state index contributed by atoms with van der Waals surface area (Å²) in [4.78, 5) is 2.21. The van der Waals surface area contributed by atoms with Gasteiger partial charge in [-0.3, -0.25) is 0 Å². The van der Waals surface area contributed by atoms with Gasteiger partial charge in [0.05, 0.1) is 0 Å². The van der Waals surface area contributed by atoms with Crippen LogP contribution in [0.25, 0.3) is 0 Å². The fourth-order valence-electron chi connectivity index (χ4n) is 1.29. The first-order valence-electron chi connectivity index (χ1n) is 4.60. The Bertz CT molecular complexity index is 272. The summed E-state index contributed by atoms with van der Waals surface area (Å²) in [6.45, 7) is 6.39. The molecule has 0 amide bonds. The Balaban J connectivity index is 3.01. The predicted molar refractivity (Wildman–Crippen MR) is 59.1 cm³/mol. The third-order valence-electron chi connectivity index (χ3n) is 2.27. The Labute approximate surface area is 80.4 Å². The molecule has 0 spiro atoms. The van der Waals surface area contributed by atoms with Crippen molar-refractivity contribution >= 4 is 11.4 Å². The zero-order valence-electron chi connectivity index (χ0n) is 8.83. The van der Waals surface area contributed by atoms with Crippen LogP contribution in [0, 0.1) is 6.92 Å². The molecule has 13 heavy (non-hydrogen) atoms. The molecule has 2 N–H and O–H groups in total. The molecule has 0 radical (unpaired) electrons. The maximum absolute atomic E-state index is 5.77. The van der Waals surface area contributed by atoms with E-state index < -0.39 is 0 Å². The fourth-order valence-corrected chi connectivity index (χ4v) is 1.29. The van der Waals surface area contributed by atoms with Crippen molar-refractivity contribution < 1.29 is 0 Å². The van der Waals surface area contributed by atoms with Gasteiger partial charge < -0.3 is 10.6 Å². The first-order valence-corrected chi connectivity index (χ1v) is 4.60. The van der Waals surface area contributed by atoms with Gasteiger partial charge in [0, 0.05) is 24.5 Å². The second-order valence-corrected chi connectivity index (χ2v) is 3.81. The summed E-state index contributed by atoms with van der Waals surface area (Å²) in [6, 6.07) is 6.64. The van der Waals surface area contributed by atoms with E-state index in [0.29, 0.717) is 6.04 Å². The Morgan fingerprint density at radius 2 is 1.85 bits per heavy atom. The Kier molecular flexibility index (Phi) is 2.81. The van der Waals surface area contributed by atoms with Crippen LogP contribution in [0.3, 0.4) is 0 Å². The Hall–Kier alpha value is -1.18. The van der Waals surface area contributed by atoms with Crippen molar-refractivity contribution in [2.45, 2.75) is 26.8 Å². The molecule has 0 bridgehead atoms. The van der Waals surface area contributed by atoms with Crippen molar-refractivity contribution in [2.75, 3.05) is 17.7 Å². The van der Waals surface area contributed by atoms with E-state index >= 15 is 0 Å². The van der Waals surface area contributed by atoms with Crippen LogP contribution in [-0.2, 0) is 0 Å². The van der Waals surface area contributed by atoms with Crippen LogP contribution in [0.2, 0.25) is 0 Å². The minimum Gasteiger partial charge on any atom is -0.399 e. The number of nitrogens with zero attached hydrogens (tertiary/aromatic N) is 1. The average Bonchev–Trinajstić information content (AvgIpc) is 2.01. The fraction of sp³-hybridized carbons (Fsp3) is 0.455. The minimum atomic E-state index is 0.501. The summed E-state index contributed by atoms with van der Waals surface area (Å²) in [5.41, 5.74) is 9.00. The Morgan fingerprint density at radius 3 is 2.31 bits per heavy atom. The SMILES string of the molecule is Cc1cc(N)cc(N(C)C(C)C)c1. The highest BCUT2D eigenvalue weighted by Crippen LogP contribution is 2.20. The molecule has 0 fully saturated rings. The van der Waals surface area contributed by atoms with Gasteiger partial charge in [-0.15, -0.1) is 0 Å². The summed E-state index contributed by atoms with van der Waals surface area (Å²) >= 11 is 0. The summed E-state index contributed by atoms with van der Waals surface area (Å²) in [7, 11) is 2.08. The van der Waals surface area contributed by atoms with Crippen LogP contribution in [0.5, 0.6) is 0 Å². The van der Waals surface area contributed by atoms with Crippen LogP contribution < -0.4 is 10.6 Å². The van der Waals surface area contributed by atoms with Crippen molar-refractivity contribution in [3.05, 3.63) is 23.8 Å². The smallest absolute Gasteiger partial charge is 0.0389 e. The molecule has 2 nitrogen and oxygen atoms in total. The third kappa shape index (κ3) is 2.38. The highest BCUT2D eigenvalue weighted by atomic mass is 15.1. The number of nitrogens with two attached hydrogens (primary N) is 1. The molecule has 72 valence electrons. The third-order valence-corrected chi connectivity index (χ3v) is 2.27. The van der Waals surface area contributed by atoms with Crippen molar-refractivity contribution in [1.29, 1.82) is 0 Å². The number of benzene rings is 1. The van der Waals surface area contributed by atoms with Gasteiger partial charge in [0.1, 0.15) is 0 Å². The average molecular weight is 178 g/mol. The van der Waals surface area contributed by atoms with Crippen LogP contribution in [0.4, 0.5) is 11.4 Å². The largest absolute Gasteiger partial charge is 0.399 e. The molecule has 1 aromatic rings. The molecule has 0 aromatic heterocycles. The molecule has 0 aliphatic heterocycles. The quantitative estimate of drug-likeness (QED) is 0.705. The monoisotopic (exact) mass is 178 g/mol. The maximum Gasteiger partial charge on any atom is 0.0389 e. The van der Waals surface area contributed by atoms with Gasteiger partial charge >= 0.3 is 0 Å². The molecule has 0 aliphatic rings. The molecule has 1 rings (SSSR count). The summed E-state index contributed by atoms with van der Waals surface area (Å²) in [5, 5.41) is 0. The molecule has 0 saturated carbocycles. The zero-order valence-corrected chi connectivity index (χ0v) is 8.83.